The van der Waals surface area contributed by atoms with Gasteiger partial charge in [0.2, 0.25) is 5.91 Å². The Labute approximate surface area is 147 Å². The number of benzene rings is 1. The number of hydrogen-bond donors (Lipinski definition) is 2. The van der Waals surface area contributed by atoms with Crippen molar-refractivity contribution >= 4 is 23.4 Å². The number of rotatable bonds is 6. The average molecular weight is 347 g/mol. The molecule has 0 aliphatic heterocycles. The Morgan fingerprint density at radius 1 is 1.38 bits per heavy atom. The molecule has 0 radical (unpaired) electrons. The van der Waals surface area contributed by atoms with E-state index in [2.05, 4.69) is 30.2 Å². The molecule has 0 saturated heterocycles. The summed E-state index contributed by atoms with van der Waals surface area (Å²) in [5, 5.41) is 12.7. The molecule has 0 aliphatic rings. The van der Waals surface area contributed by atoms with Crippen LogP contribution in [0.4, 0.5) is 5.69 Å². The number of carbonyl (C=O) groups is 1. The molecule has 1 atom stereocenters. The summed E-state index contributed by atoms with van der Waals surface area (Å²) in [6.45, 7) is 8.04. The van der Waals surface area contributed by atoms with Crippen molar-refractivity contribution in [3.8, 4) is 0 Å². The maximum Gasteiger partial charge on any atom is 0.237 e. The molecule has 5 nitrogen and oxygen atoms in total. The van der Waals surface area contributed by atoms with Crippen LogP contribution in [0.25, 0.3) is 0 Å². The minimum absolute atomic E-state index is 0.0512. The minimum Gasteiger partial charge on any atom is -0.390 e. The predicted octanol–water partition coefficient (Wildman–Crippen LogP) is 3.46. The molecule has 0 saturated carbocycles. The second-order valence-electron chi connectivity index (χ2n) is 6.19. The highest BCUT2D eigenvalue weighted by Gasteiger charge is 2.20. The van der Waals surface area contributed by atoms with E-state index < -0.39 is 0 Å². The van der Waals surface area contributed by atoms with Crippen LogP contribution in [0.1, 0.15) is 43.5 Å². The van der Waals surface area contributed by atoms with E-state index in [1.54, 1.807) is 6.20 Å². The standard InChI is InChI=1S/C18H25N3O2S/c1-11(2)15-8-6-7-12(3)16(15)20-17(23)13(4)24-18-19-9-14(10-22)21(18)5/h6-9,11,13,22H,10H2,1-5H3,(H,20,23). The largest absolute Gasteiger partial charge is 0.390 e. The van der Waals surface area contributed by atoms with Crippen molar-refractivity contribution in [2.24, 2.45) is 7.05 Å². The van der Waals surface area contributed by atoms with Gasteiger partial charge in [0.05, 0.1) is 23.7 Å². The van der Waals surface area contributed by atoms with Crippen molar-refractivity contribution in [3.05, 3.63) is 41.2 Å². The maximum absolute atomic E-state index is 12.6. The first kappa shape index (κ1) is 18.5. The van der Waals surface area contributed by atoms with Gasteiger partial charge in [0, 0.05) is 12.7 Å². The summed E-state index contributed by atoms with van der Waals surface area (Å²) in [5.74, 6) is 0.287. The Morgan fingerprint density at radius 2 is 2.08 bits per heavy atom. The highest BCUT2D eigenvalue weighted by molar-refractivity contribution is 8.00. The molecule has 1 amide bonds. The van der Waals surface area contributed by atoms with Crippen molar-refractivity contribution in [1.82, 2.24) is 9.55 Å². The second-order valence-corrected chi connectivity index (χ2v) is 7.50. The first-order valence-corrected chi connectivity index (χ1v) is 8.91. The lowest BCUT2D eigenvalue weighted by Crippen LogP contribution is -2.24. The number of nitrogens with zero attached hydrogens (tertiary/aromatic N) is 2. The average Bonchev–Trinajstić information content (AvgIpc) is 2.89. The number of amides is 1. The fraction of sp³-hybridized carbons (Fsp3) is 0.444. The summed E-state index contributed by atoms with van der Waals surface area (Å²) in [6, 6.07) is 6.08. The van der Waals surface area contributed by atoms with Crippen LogP contribution in [0, 0.1) is 6.92 Å². The fourth-order valence-electron chi connectivity index (χ4n) is 2.46. The molecule has 2 aromatic rings. The first-order chi connectivity index (χ1) is 11.3. The molecule has 1 unspecified atom stereocenters. The van der Waals surface area contributed by atoms with Gasteiger partial charge in [-0.15, -0.1) is 0 Å². The van der Waals surface area contributed by atoms with Gasteiger partial charge in [-0.05, 0) is 30.9 Å². The van der Waals surface area contributed by atoms with Crippen LogP contribution in [0.15, 0.2) is 29.6 Å². The third-order valence-electron chi connectivity index (χ3n) is 4.03. The van der Waals surface area contributed by atoms with E-state index in [4.69, 9.17) is 0 Å². The van der Waals surface area contributed by atoms with Gasteiger partial charge in [0.15, 0.2) is 5.16 Å². The summed E-state index contributed by atoms with van der Waals surface area (Å²) in [7, 11) is 1.84. The molecule has 130 valence electrons. The highest BCUT2D eigenvalue weighted by Crippen LogP contribution is 2.29. The van der Waals surface area contributed by atoms with Gasteiger partial charge in [-0.2, -0.15) is 0 Å². The van der Waals surface area contributed by atoms with Crippen LogP contribution < -0.4 is 5.32 Å². The number of thioether (sulfide) groups is 1. The van der Waals surface area contributed by atoms with Gasteiger partial charge < -0.3 is 15.0 Å². The first-order valence-electron chi connectivity index (χ1n) is 8.03. The summed E-state index contributed by atoms with van der Waals surface area (Å²) in [4.78, 5) is 16.9. The number of aliphatic hydroxyl groups excluding tert-OH is 1. The second kappa shape index (κ2) is 7.85. The van der Waals surface area contributed by atoms with Crippen LogP contribution in [-0.4, -0.2) is 25.8 Å². The van der Waals surface area contributed by atoms with Crippen molar-refractivity contribution in [2.75, 3.05) is 5.32 Å². The number of anilines is 1. The lowest BCUT2D eigenvalue weighted by molar-refractivity contribution is -0.115. The number of aryl methyl sites for hydroxylation is 1. The zero-order chi connectivity index (χ0) is 17.9. The molecular weight excluding hydrogens is 322 g/mol. The molecule has 2 rings (SSSR count). The van der Waals surface area contributed by atoms with E-state index in [1.165, 1.54) is 11.8 Å². The number of carbonyl (C=O) groups excluding carboxylic acids is 1. The number of aromatic nitrogens is 2. The molecule has 1 aromatic heterocycles. The quantitative estimate of drug-likeness (QED) is 0.785. The third-order valence-corrected chi connectivity index (χ3v) is 5.19. The molecule has 1 heterocycles. The van der Waals surface area contributed by atoms with E-state index in [0.29, 0.717) is 5.92 Å². The van der Waals surface area contributed by atoms with E-state index in [9.17, 15) is 9.90 Å². The van der Waals surface area contributed by atoms with E-state index in [-0.39, 0.29) is 17.8 Å². The van der Waals surface area contributed by atoms with E-state index in [1.807, 2.05) is 37.6 Å². The Bertz CT molecular complexity index is 725. The molecule has 0 spiro atoms. The number of imidazole rings is 1. The molecule has 2 N–H and O–H groups in total. The molecular formula is C18H25N3O2S. The van der Waals surface area contributed by atoms with Gasteiger partial charge >= 0.3 is 0 Å². The Kier molecular flexibility index (Phi) is 6.07. The van der Waals surface area contributed by atoms with Gasteiger partial charge in [-0.25, -0.2) is 4.98 Å². The molecule has 24 heavy (non-hydrogen) atoms. The number of para-hydroxylation sites is 1. The van der Waals surface area contributed by atoms with Gasteiger partial charge in [0.1, 0.15) is 0 Å². The summed E-state index contributed by atoms with van der Waals surface area (Å²) in [6.07, 6.45) is 1.63. The maximum atomic E-state index is 12.6. The summed E-state index contributed by atoms with van der Waals surface area (Å²) >= 11 is 1.38. The van der Waals surface area contributed by atoms with Crippen LogP contribution in [0.5, 0.6) is 0 Å². The Hall–Kier alpha value is -1.79. The predicted molar refractivity (Wildman–Crippen MR) is 98.3 cm³/mol. The zero-order valence-corrected chi connectivity index (χ0v) is 15.6. The monoisotopic (exact) mass is 347 g/mol. The summed E-state index contributed by atoms with van der Waals surface area (Å²) < 4.78 is 1.81. The van der Waals surface area contributed by atoms with E-state index >= 15 is 0 Å². The van der Waals surface area contributed by atoms with Crippen molar-refractivity contribution in [2.45, 2.75) is 50.6 Å². The van der Waals surface area contributed by atoms with Crippen LogP contribution >= 0.6 is 11.8 Å². The van der Waals surface area contributed by atoms with Crippen LogP contribution in [0.3, 0.4) is 0 Å². The van der Waals surface area contributed by atoms with E-state index in [0.717, 1.165) is 27.7 Å². The Balaban J connectivity index is 2.13. The number of hydrogen-bond acceptors (Lipinski definition) is 4. The van der Waals surface area contributed by atoms with Gasteiger partial charge in [-0.3, -0.25) is 4.79 Å². The fourth-order valence-corrected chi connectivity index (χ4v) is 3.33. The smallest absolute Gasteiger partial charge is 0.237 e. The highest BCUT2D eigenvalue weighted by atomic mass is 32.2. The normalized spacial score (nSPS) is 12.5. The summed E-state index contributed by atoms with van der Waals surface area (Å²) in [5.41, 5.74) is 3.83. The molecule has 0 fully saturated rings. The van der Waals surface area contributed by atoms with Gasteiger partial charge in [-0.1, -0.05) is 43.8 Å². The lowest BCUT2D eigenvalue weighted by atomic mass is 9.98. The SMILES string of the molecule is Cc1cccc(C(C)C)c1NC(=O)C(C)Sc1ncc(CO)n1C. The minimum atomic E-state index is -0.294. The van der Waals surface area contributed by atoms with Gasteiger partial charge in [0.25, 0.3) is 0 Å². The van der Waals surface area contributed by atoms with Crippen LogP contribution in [-0.2, 0) is 18.4 Å². The molecule has 6 heteroatoms. The Morgan fingerprint density at radius 3 is 2.67 bits per heavy atom. The molecule has 1 aromatic carbocycles. The molecule has 0 bridgehead atoms. The van der Waals surface area contributed by atoms with Crippen LogP contribution in [0.2, 0.25) is 0 Å². The van der Waals surface area contributed by atoms with Crippen molar-refractivity contribution < 1.29 is 9.90 Å². The third kappa shape index (κ3) is 3.99. The lowest BCUT2D eigenvalue weighted by Gasteiger charge is -2.18. The topological polar surface area (TPSA) is 67.2 Å². The number of aliphatic hydroxyl groups is 1. The molecule has 0 aliphatic carbocycles. The number of nitrogens with one attached hydrogen (secondary N) is 1. The van der Waals surface area contributed by atoms with Crippen molar-refractivity contribution in [3.63, 3.8) is 0 Å². The van der Waals surface area contributed by atoms with Crippen molar-refractivity contribution in [1.29, 1.82) is 0 Å². The zero-order valence-electron chi connectivity index (χ0n) is 14.8.